The molecule has 0 aliphatic rings. The summed E-state index contributed by atoms with van der Waals surface area (Å²) in [7, 11) is 0. The Hall–Kier alpha value is -2.04. The van der Waals surface area contributed by atoms with Crippen molar-refractivity contribution in [2.45, 2.75) is 52.7 Å². The third-order valence-electron chi connectivity index (χ3n) is 2.96. The summed E-state index contributed by atoms with van der Waals surface area (Å²) < 4.78 is 10.3. The highest BCUT2D eigenvalue weighted by molar-refractivity contribution is 5.88. The summed E-state index contributed by atoms with van der Waals surface area (Å²) in [6.45, 7) is 5.64. The predicted octanol–water partition coefficient (Wildman–Crippen LogP) is 3.88. The molecule has 21 heavy (non-hydrogen) atoms. The number of hydrogen-bond donors (Lipinski definition) is 1. The van der Waals surface area contributed by atoms with E-state index < -0.39 is 6.16 Å². The Labute approximate surface area is 125 Å². The number of nitrogens with one attached hydrogen (secondary N) is 1. The van der Waals surface area contributed by atoms with E-state index in [9.17, 15) is 9.59 Å². The highest BCUT2D eigenvalue weighted by Crippen LogP contribution is 2.12. The summed E-state index contributed by atoms with van der Waals surface area (Å²) in [5.74, 6) is -0.121. The van der Waals surface area contributed by atoms with Crippen molar-refractivity contribution in [3.8, 4) is 0 Å². The molecule has 116 valence electrons. The Morgan fingerprint density at radius 1 is 1.19 bits per heavy atom. The third kappa shape index (κ3) is 6.79. The fraction of sp³-hybridized carbons (Fsp3) is 0.500. The van der Waals surface area contributed by atoms with Gasteiger partial charge in [0.05, 0.1) is 0 Å². The second-order valence-corrected chi connectivity index (χ2v) is 4.85. The maximum Gasteiger partial charge on any atom is 0.508 e. The topological polar surface area (TPSA) is 64.6 Å². The monoisotopic (exact) mass is 293 g/mol. The summed E-state index contributed by atoms with van der Waals surface area (Å²) in [6, 6.07) is 7.11. The molecule has 1 unspecified atom stereocenters. The summed E-state index contributed by atoms with van der Waals surface area (Å²) in [6.07, 6.45) is 1.88. The van der Waals surface area contributed by atoms with E-state index in [-0.39, 0.29) is 18.6 Å². The van der Waals surface area contributed by atoms with Crippen molar-refractivity contribution in [2.75, 3.05) is 5.32 Å². The van der Waals surface area contributed by atoms with Crippen molar-refractivity contribution in [3.63, 3.8) is 0 Å². The van der Waals surface area contributed by atoms with Gasteiger partial charge >= 0.3 is 6.16 Å². The van der Waals surface area contributed by atoms with Crippen molar-refractivity contribution in [1.29, 1.82) is 0 Å². The highest BCUT2D eigenvalue weighted by atomic mass is 16.7. The second-order valence-electron chi connectivity index (χ2n) is 4.85. The number of amides is 1. The van der Waals surface area contributed by atoms with Gasteiger partial charge in [-0.05, 0) is 30.5 Å². The van der Waals surface area contributed by atoms with E-state index in [2.05, 4.69) is 5.32 Å². The molecular formula is C16H23NO4. The number of ether oxygens (including phenoxy) is 2. The number of carbonyl (C=O) groups is 2. The number of benzene rings is 1. The molecule has 0 aliphatic heterocycles. The van der Waals surface area contributed by atoms with Crippen molar-refractivity contribution in [2.24, 2.45) is 0 Å². The van der Waals surface area contributed by atoms with Crippen molar-refractivity contribution in [3.05, 3.63) is 29.8 Å². The average Bonchev–Trinajstić information content (AvgIpc) is 2.45. The zero-order valence-electron chi connectivity index (χ0n) is 12.8. The van der Waals surface area contributed by atoms with Crippen LogP contribution in [0.3, 0.4) is 0 Å². The van der Waals surface area contributed by atoms with Crippen molar-refractivity contribution in [1.82, 2.24) is 0 Å². The van der Waals surface area contributed by atoms with Gasteiger partial charge in [0.25, 0.3) is 0 Å². The molecule has 0 radical (unpaired) electrons. The zero-order chi connectivity index (χ0) is 15.7. The lowest BCUT2D eigenvalue weighted by atomic mass is 10.2. The Kier molecular flexibility index (Phi) is 7.29. The van der Waals surface area contributed by atoms with Gasteiger partial charge in [-0.25, -0.2) is 4.79 Å². The van der Waals surface area contributed by atoms with Crippen LogP contribution in [0.25, 0.3) is 0 Å². The second kappa shape index (κ2) is 9.00. The van der Waals surface area contributed by atoms with Gasteiger partial charge in [-0.15, -0.1) is 0 Å². The van der Waals surface area contributed by atoms with Crippen LogP contribution in [0.4, 0.5) is 10.5 Å². The van der Waals surface area contributed by atoms with Gasteiger partial charge in [0.1, 0.15) is 12.7 Å². The first-order valence-electron chi connectivity index (χ1n) is 7.25. The first-order chi connectivity index (χ1) is 10.0. The van der Waals surface area contributed by atoms with Gasteiger partial charge < -0.3 is 14.8 Å². The summed E-state index contributed by atoms with van der Waals surface area (Å²) in [4.78, 5) is 22.5. The van der Waals surface area contributed by atoms with Gasteiger partial charge in [0, 0.05) is 12.6 Å². The predicted molar refractivity (Wildman–Crippen MR) is 81.0 cm³/mol. The van der Waals surface area contributed by atoms with Crippen LogP contribution in [0.1, 0.15) is 45.6 Å². The molecule has 1 N–H and O–H groups in total. The van der Waals surface area contributed by atoms with Crippen molar-refractivity contribution >= 4 is 17.7 Å². The van der Waals surface area contributed by atoms with Crippen LogP contribution in [0.5, 0.6) is 0 Å². The molecular weight excluding hydrogens is 270 g/mol. The largest absolute Gasteiger partial charge is 0.508 e. The summed E-state index contributed by atoms with van der Waals surface area (Å²) >= 11 is 0. The van der Waals surface area contributed by atoms with E-state index in [1.807, 2.05) is 13.8 Å². The van der Waals surface area contributed by atoms with Crippen LogP contribution in [-0.2, 0) is 20.9 Å². The molecule has 1 rings (SSSR count). The normalized spacial score (nSPS) is 11.6. The molecule has 0 saturated carbocycles. The molecule has 0 aromatic heterocycles. The quantitative estimate of drug-likeness (QED) is 0.775. The van der Waals surface area contributed by atoms with Crippen LogP contribution < -0.4 is 5.32 Å². The van der Waals surface area contributed by atoms with Crippen LogP contribution in [-0.4, -0.2) is 18.2 Å². The van der Waals surface area contributed by atoms with E-state index in [1.54, 1.807) is 24.3 Å². The number of anilines is 1. The highest BCUT2D eigenvalue weighted by Gasteiger charge is 2.12. The molecule has 1 aromatic carbocycles. The minimum atomic E-state index is -0.638. The molecule has 0 fully saturated rings. The number of hydrogen-bond acceptors (Lipinski definition) is 4. The third-order valence-corrected chi connectivity index (χ3v) is 2.96. The Morgan fingerprint density at radius 3 is 2.38 bits per heavy atom. The van der Waals surface area contributed by atoms with Crippen LogP contribution >= 0.6 is 0 Å². The van der Waals surface area contributed by atoms with E-state index >= 15 is 0 Å². The molecule has 0 aliphatic carbocycles. The molecule has 0 heterocycles. The van der Waals surface area contributed by atoms with Crippen LogP contribution in [0, 0.1) is 0 Å². The molecule has 1 atom stereocenters. The molecule has 1 aromatic rings. The maximum atomic E-state index is 11.6. The van der Waals surface area contributed by atoms with Gasteiger partial charge in [0.15, 0.2) is 0 Å². The first kappa shape index (κ1) is 17.0. The Bertz CT molecular complexity index is 456. The van der Waals surface area contributed by atoms with Crippen LogP contribution in [0.15, 0.2) is 24.3 Å². The number of rotatable bonds is 7. The first-order valence-corrected chi connectivity index (χ1v) is 7.25. The van der Waals surface area contributed by atoms with Crippen molar-refractivity contribution < 1.29 is 19.1 Å². The summed E-state index contributed by atoms with van der Waals surface area (Å²) in [5.41, 5.74) is 1.55. The Balaban J connectivity index is 2.40. The number of carbonyl (C=O) groups excluding carboxylic acids is 2. The lowest BCUT2D eigenvalue weighted by Gasteiger charge is -2.15. The molecule has 5 nitrogen and oxygen atoms in total. The van der Waals surface area contributed by atoms with E-state index in [0.29, 0.717) is 5.69 Å². The summed E-state index contributed by atoms with van der Waals surface area (Å²) in [5, 5.41) is 2.67. The molecule has 0 spiro atoms. The fourth-order valence-electron chi connectivity index (χ4n) is 1.87. The standard InChI is InChI=1S/C16H23NO4/c1-4-6-15(5-2)21-16(19)20-11-13-7-9-14(10-8-13)17-12(3)18/h7-10,15H,4-6,11H2,1-3H3,(H,17,18). The molecule has 0 saturated heterocycles. The van der Waals surface area contributed by atoms with E-state index in [1.165, 1.54) is 6.92 Å². The SMILES string of the molecule is CCCC(CC)OC(=O)OCc1ccc(NC(C)=O)cc1. The zero-order valence-corrected chi connectivity index (χ0v) is 12.8. The van der Waals surface area contributed by atoms with Gasteiger partial charge in [-0.2, -0.15) is 0 Å². The van der Waals surface area contributed by atoms with E-state index in [4.69, 9.17) is 9.47 Å². The van der Waals surface area contributed by atoms with Crippen LogP contribution in [0.2, 0.25) is 0 Å². The molecule has 0 bridgehead atoms. The minimum Gasteiger partial charge on any atom is -0.431 e. The van der Waals surface area contributed by atoms with Gasteiger partial charge in [0.2, 0.25) is 5.91 Å². The lowest BCUT2D eigenvalue weighted by molar-refractivity contribution is -0.114. The molecule has 1 amide bonds. The smallest absolute Gasteiger partial charge is 0.431 e. The molecule has 5 heteroatoms. The minimum absolute atomic E-state index is 0.0790. The van der Waals surface area contributed by atoms with Gasteiger partial charge in [-0.1, -0.05) is 32.4 Å². The Morgan fingerprint density at radius 2 is 1.86 bits per heavy atom. The fourth-order valence-corrected chi connectivity index (χ4v) is 1.87. The lowest BCUT2D eigenvalue weighted by Crippen LogP contribution is -2.18. The average molecular weight is 293 g/mol. The van der Waals surface area contributed by atoms with E-state index in [0.717, 1.165) is 24.8 Å². The van der Waals surface area contributed by atoms with Gasteiger partial charge in [-0.3, -0.25) is 4.79 Å². The maximum absolute atomic E-state index is 11.6.